The molecule has 69 valence electrons. The van der Waals surface area contributed by atoms with Gasteiger partial charge < -0.3 is 4.74 Å². The van der Waals surface area contributed by atoms with Crippen LogP contribution in [0.2, 0.25) is 0 Å². The summed E-state index contributed by atoms with van der Waals surface area (Å²) in [6.45, 7) is 0. The van der Waals surface area contributed by atoms with Crippen LogP contribution in [0.4, 0.5) is 13.2 Å². The van der Waals surface area contributed by atoms with E-state index in [1.807, 2.05) is 0 Å². The fourth-order valence-corrected chi connectivity index (χ4v) is 0.680. The Morgan fingerprint density at radius 2 is 2.23 bits per heavy atom. The molecule has 0 fully saturated rings. The number of hydrogen-bond donors (Lipinski definition) is 0. The zero-order valence-electron chi connectivity index (χ0n) is 6.38. The van der Waals surface area contributed by atoms with Crippen LogP contribution in [0.25, 0.3) is 0 Å². The van der Waals surface area contributed by atoms with Crippen molar-refractivity contribution in [3.8, 4) is 11.9 Å². The number of alkyl halides is 3. The second kappa shape index (κ2) is 2.97. The average Bonchev–Trinajstić information content (AvgIpc) is 2.30. The highest BCUT2D eigenvalue weighted by Gasteiger charge is 2.33. The third-order valence-electron chi connectivity index (χ3n) is 1.14. The summed E-state index contributed by atoms with van der Waals surface area (Å²) in [5.41, 5.74) is -0.375. The van der Waals surface area contributed by atoms with Crippen LogP contribution in [0.3, 0.4) is 0 Å². The van der Waals surface area contributed by atoms with E-state index in [9.17, 15) is 13.2 Å². The molecule has 7 heteroatoms. The largest absolute Gasteiger partial charge is 0.574 e. The van der Waals surface area contributed by atoms with E-state index in [0.717, 1.165) is 4.68 Å². The van der Waals surface area contributed by atoms with Crippen molar-refractivity contribution in [2.75, 3.05) is 0 Å². The monoisotopic (exact) mass is 190 g/mol. The van der Waals surface area contributed by atoms with E-state index in [0.29, 0.717) is 0 Å². The molecule has 0 saturated heterocycles. The third-order valence-corrected chi connectivity index (χ3v) is 1.14. The molecule has 0 unspecified atom stereocenters. The van der Waals surface area contributed by atoms with Crippen LogP contribution in [-0.2, 0) is 7.05 Å². The Labute approximate surface area is 71.1 Å². The van der Waals surface area contributed by atoms with Crippen molar-refractivity contribution in [2.45, 2.75) is 6.36 Å². The summed E-state index contributed by atoms with van der Waals surface area (Å²) in [5.74, 6) is -0.657. The lowest BCUT2D eigenvalue weighted by atomic mass is 10.4. The van der Waals surface area contributed by atoms with Crippen molar-refractivity contribution in [3.63, 3.8) is 0 Å². The molecular weight excluding hydrogens is 187 g/mol. The van der Waals surface area contributed by atoms with Gasteiger partial charge in [0, 0.05) is 7.05 Å². The number of rotatable bonds is 1. The summed E-state index contributed by atoms with van der Waals surface area (Å²) in [6, 6.07) is 1.48. The summed E-state index contributed by atoms with van der Waals surface area (Å²) in [7, 11) is 1.22. The van der Waals surface area contributed by atoms with Crippen LogP contribution >= 0.6 is 0 Å². The maximum absolute atomic E-state index is 11.7. The van der Waals surface area contributed by atoms with Gasteiger partial charge in [0.25, 0.3) is 0 Å². The van der Waals surface area contributed by atoms with Crippen molar-refractivity contribution in [1.29, 1.82) is 5.26 Å². The van der Waals surface area contributed by atoms with Gasteiger partial charge in [-0.3, -0.25) is 0 Å². The number of ether oxygens (including phenoxy) is 1. The smallest absolute Gasteiger partial charge is 0.387 e. The van der Waals surface area contributed by atoms with Crippen LogP contribution in [-0.4, -0.2) is 16.1 Å². The topological polar surface area (TPSA) is 50.8 Å². The van der Waals surface area contributed by atoms with Crippen LogP contribution in [0.15, 0.2) is 0 Å². The van der Waals surface area contributed by atoms with Gasteiger partial charge in [-0.05, 0) is 0 Å². The Balaban J connectivity index is 3.00. The first-order chi connectivity index (χ1) is 5.94. The maximum Gasteiger partial charge on any atom is 0.574 e. The van der Waals surface area contributed by atoms with Gasteiger partial charge in [0.05, 0.1) is 0 Å². The number of halogens is 3. The van der Waals surface area contributed by atoms with Gasteiger partial charge >= 0.3 is 6.36 Å². The second-order valence-corrected chi connectivity index (χ2v) is 2.08. The minimum absolute atomic E-state index is 0.375. The molecule has 0 bridgehead atoms. The fraction of sp³-hybridized carbons (Fsp3) is 0.333. The Kier molecular flexibility index (Phi) is 2.14. The predicted octanol–water partition coefficient (Wildman–Crippen LogP) is 0.991. The highest BCUT2D eigenvalue weighted by Crippen LogP contribution is 2.24. The molecule has 1 aromatic rings. The van der Waals surface area contributed by atoms with E-state index in [4.69, 9.17) is 5.26 Å². The average molecular weight is 190 g/mol. The van der Waals surface area contributed by atoms with Gasteiger partial charge in [-0.15, -0.1) is 13.2 Å². The quantitative estimate of drug-likeness (QED) is 0.663. The molecule has 0 saturated carbocycles. The zero-order valence-corrected chi connectivity index (χ0v) is 6.38. The van der Waals surface area contributed by atoms with Gasteiger partial charge in [0.1, 0.15) is 17.8 Å². The molecule has 0 aliphatic heterocycles. The van der Waals surface area contributed by atoms with Gasteiger partial charge in [-0.1, -0.05) is 0 Å². The lowest BCUT2D eigenvalue weighted by molar-refractivity contribution is -0.277. The second-order valence-electron chi connectivity index (χ2n) is 2.08. The minimum atomic E-state index is -4.83. The SMILES string of the molecule is Cn1n[c]c(C#N)c1OC(F)(F)F. The van der Waals surface area contributed by atoms with Crippen LogP contribution < -0.4 is 4.74 Å². The minimum Gasteiger partial charge on any atom is -0.387 e. The summed E-state index contributed by atoms with van der Waals surface area (Å²) in [6.07, 6.45) is -2.75. The van der Waals surface area contributed by atoms with E-state index in [1.54, 1.807) is 0 Å². The summed E-state index contributed by atoms with van der Waals surface area (Å²) in [4.78, 5) is 0. The molecule has 4 nitrogen and oxygen atoms in total. The molecule has 0 amide bonds. The van der Waals surface area contributed by atoms with Crippen LogP contribution in [0.5, 0.6) is 5.88 Å². The first-order valence-electron chi connectivity index (χ1n) is 3.04. The Bertz CT molecular complexity index is 349. The lowest BCUT2D eigenvalue weighted by Gasteiger charge is -2.08. The molecule has 13 heavy (non-hydrogen) atoms. The molecular formula is C6H3F3N3O. The van der Waals surface area contributed by atoms with E-state index in [2.05, 4.69) is 16.0 Å². The van der Waals surface area contributed by atoms with Crippen LogP contribution in [0, 0.1) is 17.5 Å². The highest BCUT2D eigenvalue weighted by molar-refractivity contribution is 5.35. The van der Waals surface area contributed by atoms with Crippen molar-refractivity contribution in [2.24, 2.45) is 7.05 Å². The Morgan fingerprint density at radius 3 is 2.69 bits per heavy atom. The molecule has 0 aromatic carbocycles. The van der Waals surface area contributed by atoms with Crippen LogP contribution in [0.1, 0.15) is 5.56 Å². The third kappa shape index (κ3) is 2.11. The molecule has 1 rings (SSSR count). The van der Waals surface area contributed by atoms with Crippen molar-refractivity contribution < 1.29 is 17.9 Å². The van der Waals surface area contributed by atoms with E-state index in [-0.39, 0.29) is 5.56 Å². The van der Waals surface area contributed by atoms with Crippen molar-refractivity contribution in [3.05, 3.63) is 11.8 Å². The van der Waals surface area contributed by atoms with Gasteiger partial charge in [0.15, 0.2) is 0 Å². The normalized spacial score (nSPS) is 11.0. The van der Waals surface area contributed by atoms with E-state index in [1.165, 1.54) is 13.1 Å². The van der Waals surface area contributed by atoms with Gasteiger partial charge in [-0.25, -0.2) is 4.68 Å². The summed E-state index contributed by atoms with van der Waals surface area (Å²) in [5, 5.41) is 11.7. The lowest BCUT2D eigenvalue weighted by Crippen LogP contribution is -2.19. The van der Waals surface area contributed by atoms with Crippen molar-refractivity contribution >= 4 is 0 Å². The molecule has 1 radical (unpaired) electrons. The Hall–Kier alpha value is -1.71. The molecule has 0 spiro atoms. The first-order valence-corrected chi connectivity index (χ1v) is 3.04. The molecule has 0 aliphatic rings. The fourth-order valence-electron chi connectivity index (χ4n) is 0.680. The van der Waals surface area contributed by atoms with E-state index < -0.39 is 12.2 Å². The zero-order chi connectivity index (χ0) is 10.1. The summed E-state index contributed by atoms with van der Waals surface area (Å²) >= 11 is 0. The van der Waals surface area contributed by atoms with Gasteiger partial charge in [0.2, 0.25) is 5.88 Å². The number of nitrogens with zero attached hydrogens (tertiary/aromatic N) is 3. The molecule has 1 aromatic heterocycles. The number of hydrogen-bond acceptors (Lipinski definition) is 3. The Morgan fingerprint density at radius 1 is 1.62 bits per heavy atom. The molecule has 1 heterocycles. The number of aryl methyl sites for hydroxylation is 1. The van der Waals surface area contributed by atoms with Crippen molar-refractivity contribution in [1.82, 2.24) is 9.78 Å². The maximum atomic E-state index is 11.7. The van der Waals surface area contributed by atoms with E-state index >= 15 is 0 Å². The number of aromatic nitrogens is 2. The number of nitriles is 1. The molecule has 0 atom stereocenters. The first kappa shape index (κ1) is 9.38. The predicted molar refractivity (Wildman–Crippen MR) is 33.4 cm³/mol. The molecule has 0 aliphatic carbocycles. The summed E-state index contributed by atoms with van der Waals surface area (Å²) < 4.78 is 39.5. The molecule has 0 N–H and O–H groups in total. The van der Waals surface area contributed by atoms with Gasteiger partial charge in [-0.2, -0.15) is 10.4 Å². The highest BCUT2D eigenvalue weighted by atomic mass is 19.4. The standard InChI is InChI=1S/C6H3F3N3O/c1-12-5(13-6(7,8)9)4(2-10)3-11-12/h1H3.